The van der Waals surface area contributed by atoms with Gasteiger partial charge in [0.25, 0.3) is 5.91 Å². The van der Waals surface area contributed by atoms with E-state index in [-0.39, 0.29) is 17.7 Å². The molecule has 2 N–H and O–H groups in total. The number of hydrogen-bond acceptors (Lipinski definition) is 3. The third-order valence-corrected chi connectivity index (χ3v) is 5.29. The molecule has 1 aliphatic heterocycles. The molecule has 1 heterocycles. The van der Waals surface area contributed by atoms with Crippen LogP contribution in [0, 0.1) is 5.92 Å². The maximum Gasteiger partial charge on any atom is 0.255 e. The number of aromatic hydroxyl groups is 1. The van der Waals surface area contributed by atoms with Crippen molar-refractivity contribution in [3.8, 4) is 5.75 Å². The minimum atomic E-state index is 0.00855. The minimum absolute atomic E-state index is 0.00855. The molecule has 128 valence electrons. The lowest BCUT2D eigenvalue weighted by Gasteiger charge is -2.38. The van der Waals surface area contributed by atoms with Crippen molar-refractivity contribution in [1.29, 1.82) is 0 Å². The Morgan fingerprint density at radius 3 is 2.64 bits per heavy atom. The van der Waals surface area contributed by atoms with Crippen LogP contribution in [0.3, 0.4) is 0 Å². The van der Waals surface area contributed by atoms with Gasteiger partial charge in [0.1, 0.15) is 5.75 Å². The van der Waals surface area contributed by atoms with E-state index in [9.17, 15) is 9.90 Å². The van der Waals surface area contributed by atoms with Gasteiger partial charge in [0.05, 0.1) is 17.3 Å². The molecule has 0 spiro atoms. The summed E-state index contributed by atoms with van der Waals surface area (Å²) in [4.78, 5) is 14.2. The van der Waals surface area contributed by atoms with E-state index in [2.05, 4.69) is 23.5 Å². The number of carbonyl (C=O) groups is 1. The van der Waals surface area contributed by atoms with E-state index in [0.717, 1.165) is 17.7 Å². The third-order valence-electron chi connectivity index (χ3n) is 5.29. The van der Waals surface area contributed by atoms with Crippen molar-refractivity contribution in [2.24, 2.45) is 5.92 Å². The molecule has 1 amide bonds. The quantitative estimate of drug-likeness (QED) is 0.819. The van der Waals surface area contributed by atoms with Crippen LogP contribution in [-0.2, 0) is 0 Å². The highest BCUT2D eigenvalue weighted by atomic mass is 16.3. The van der Waals surface area contributed by atoms with Crippen LogP contribution in [0.5, 0.6) is 5.75 Å². The zero-order chi connectivity index (χ0) is 17.6. The summed E-state index contributed by atoms with van der Waals surface area (Å²) >= 11 is 0. The summed E-state index contributed by atoms with van der Waals surface area (Å²) in [5.74, 6) is 1.01. The van der Waals surface area contributed by atoms with Crippen molar-refractivity contribution in [3.05, 3.63) is 71.3 Å². The molecule has 2 aromatic carbocycles. The normalized spacial score (nSPS) is 23.5. The van der Waals surface area contributed by atoms with Crippen LogP contribution in [-0.4, -0.2) is 30.0 Å². The number of hydrogen-bond donors (Lipinski definition) is 2. The minimum Gasteiger partial charge on any atom is -0.508 e. The summed E-state index contributed by atoms with van der Waals surface area (Å²) in [6, 6.07) is 13.5. The second-order valence-electron chi connectivity index (χ2n) is 7.04. The number of rotatable bonds is 2. The molecular weight excluding hydrogens is 312 g/mol. The van der Waals surface area contributed by atoms with Gasteiger partial charge in [-0.2, -0.15) is 0 Å². The van der Waals surface area contributed by atoms with Crippen LogP contribution in [0.1, 0.15) is 39.9 Å². The largest absolute Gasteiger partial charge is 0.508 e. The Bertz CT molecular complexity index is 839. The van der Waals surface area contributed by atoms with E-state index >= 15 is 0 Å². The van der Waals surface area contributed by atoms with Crippen LogP contribution in [0.4, 0.5) is 5.69 Å². The fraction of sp³-hybridized carbons (Fsp3) is 0.286. The highest BCUT2D eigenvalue weighted by molar-refractivity contribution is 6.00. The van der Waals surface area contributed by atoms with Crippen molar-refractivity contribution in [1.82, 2.24) is 4.90 Å². The molecule has 0 fully saturated rings. The fourth-order valence-electron chi connectivity index (χ4n) is 4.05. The number of phenolic OH excluding ortho intramolecular Hbond substituents is 1. The summed E-state index contributed by atoms with van der Waals surface area (Å²) in [7, 11) is 3.56. The molecular formula is C21H22N2O2. The first-order chi connectivity index (χ1) is 12.1. The van der Waals surface area contributed by atoms with Gasteiger partial charge in [-0.3, -0.25) is 4.79 Å². The van der Waals surface area contributed by atoms with Gasteiger partial charge in [-0.1, -0.05) is 36.4 Å². The van der Waals surface area contributed by atoms with Gasteiger partial charge < -0.3 is 15.3 Å². The van der Waals surface area contributed by atoms with Crippen LogP contribution >= 0.6 is 0 Å². The van der Waals surface area contributed by atoms with Gasteiger partial charge in [-0.05, 0) is 41.7 Å². The van der Waals surface area contributed by atoms with Gasteiger partial charge in [0.15, 0.2) is 0 Å². The molecule has 1 aliphatic carbocycles. The maximum absolute atomic E-state index is 12.6. The van der Waals surface area contributed by atoms with E-state index in [1.165, 1.54) is 5.56 Å². The van der Waals surface area contributed by atoms with Crippen molar-refractivity contribution < 1.29 is 9.90 Å². The number of nitrogens with zero attached hydrogens (tertiary/aromatic N) is 1. The van der Waals surface area contributed by atoms with Crippen LogP contribution in [0.15, 0.2) is 54.6 Å². The lowest BCUT2D eigenvalue weighted by molar-refractivity contribution is 0.0828. The molecule has 2 aromatic rings. The van der Waals surface area contributed by atoms with E-state index < -0.39 is 0 Å². The smallest absolute Gasteiger partial charge is 0.255 e. The second-order valence-corrected chi connectivity index (χ2v) is 7.04. The lowest BCUT2D eigenvalue weighted by Crippen LogP contribution is -2.31. The van der Waals surface area contributed by atoms with Crippen molar-refractivity contribution >= 4 is 11.6 Å². The van der Waals surface area contributed by atoms with Gasteiger partial charge in [-0.25, -0.2) is 0 Å². The number of para-hydroxylation sites is 1. The Morgan fingerprint density at radius 2 is 1.92 bits per heavy atom. The molecule has 2 aliphatic rings. The topological polar surface area (TPSA) is 52.6 Å². The zero-order valence-corrected chi connectivity index (χ0v) is 14.4. The van der Waals surface area contributed by atoms with E-state index in [0.29, 0.717) is 17.4 Å². The van der Waals surface area contributed by atoms with Crippen molar-refractivity contribution in [3.63, 3.8) is 0 Å². The van der Waals surface area contributed by atoms with Gasteiger partial charge in [0.2, 0.25) is 0 Å². The molecule has 0 saturated heterocycles. The van der Waals surface area contributed by atoms with Gasteiger partial charge in [-0.15, -0.1) is 0 Å². The Labute approximate surface area is 147 Å². The predicted molar refractivity (Wildman–Crippen MR) is 98.9 cm³/mol. The first-order valence-corrected chi connectivity index (χ1v) is 8.63. The number of allylic oxidation sites excluding steroid dienone is 2. The maximum atomic E-state index is 12.6. The Kier molecular flexibility index (Phi) is 3.75. The monoisotopic (exact) mass is 334 g/mol. The molecule has 25 heavy (non-hydrogen) atoms. The summed E-state index contributed by atoms with van der Waals surface area (Å²) in [5, 5.41) is 13.2. The fourth-order valence-corrected chi connectivity index (χ4v) is 4.05. The first-order valence-electron chi connectivity index (χ1n) is 8.63. The van der Waals surface area contributed by atoms with Crippen LogP contribution < -0.4 is 5.32 Å². The number of fused-ring (bicyclic) bond motifs is 3. The predicted octanol–water partition coefficient (Wildman–Crippen LogP) is 3.92. The summed E-state index contributed by atoms with van der Waals surface area (Å²) in [5.41, 5.74) is 3.98. The SMILES string of the molecule is CN(C)C(=O)c1cccc2c1NC(c1ccc(O)cc1)C1CC=CC21. The second kappa shape index (κ2) is 5.96. The summed E-state index contributed by atoms with van der Waals surface area (Å²) in [6.45, 7) is 0. The highest BCUT2D eigenvalue weighted by Crippen LogP contribution is 2.50. The first kappa shape index (κ1) is 15.8. The number of anilines is 1. The molecule has 3 unspecified atom stereocenters. The highest BCUT2D eigenvalue weighted by Gasteiger charge is 2.39. The molecule has 4 rings (SSSR count). The van der Waals surface area contributed by atoms with Gasteiger partial charge in [0, 0.05) is 20.0 Å². The van der Waals surface area contributed by atoms with Crippen molar-refractivity contribution in [2.75, 3.05) is 19.4 Å². The summed E-state index contributed by atoms with van der Waals surface area (Å²) < 4.78 is 0. The molecule has 4 nitrogen and oxygen atoms in total. The van der Waals surface area contributed by atoms with E-state index in [1.54, 1.807) is 31.1 Å². The van der Waals surface area contributed by atoms with E-state index in [4.69, 9.17) is 0 Å². The number of amides is 1. The molecule has 0 bridgehead atoms. The van der Waals surface area contributed by atoms with Crippen LogP contribution in [0.2, 0.25) is 0 Å². The van der Waals surface area contributed by atoms with Crippen LogP contribution in [0.25, 0.3) is 0 Å². The van der Waals surface area contributed by atoms with E-state index in [1.807, 2.05) is 24.3 Å². The number of benzene rings is 2. The molecule has 0 saturated carbocycles. The van der Waals surface area contributed by atoms with Gasteiger partial charge >= 0.3 is 0 Å². The summed E-state index contributed by atoms with van der Waals surface area (Å²) in [6.07, 6.45) is 5.51. The average molecular weight is 334 g/mol. The Balaban J connectivity index is 1.81. The average Bonchev–Trinajstić information content (AvgIpc) is 3.10. The molecule has 0 aromatic heterocycles. The van der Waals surface area contributed by atoms with Crippen molar-refractivity contribution in [2.45, 2.75) is 18.4 Å². The molecule has 3 atom stereocenters. The molecule has 4 heteroatoms. The Hall–Kier alpha value is -2.75. The number of nitrogens with one attached hydrogen (secondary N) is 1. The number of carbonyl (C=O) groups excluding carboxylic acids is 1. The zero-order valence-electron chi connectivity index (χ0n) is 14.4. The Morgan fingerprint density at radius 1 is 1.16 bits per heavy atom. The lowest BCUT2D eigenvalue weighted by atomic mass is 9.76. The third kappa shape index (κ3) is 2.58. The number of phenols is 1. The molecule has 0 radical (unpaired) electrons. The standard InChI is InChI=1S/C21H22N2O2/c1-23(2)21(25)18-8-4-7-17-15-5-3-6-16(15)19(22-20(17)18)13-9-11-14(24)12-10-13/h3-5,7-12,15-16,19,22,24H,6H2,1-2H3.